The molecule has 0 saturated carbocycles. The highest BCUT2D eigenvalue weighted by Gasteiger charge is 2.16. The number of benzene rings is 2. The largest absolute Gasteiger partial charge is 0.487 e. The van der Waals surface area contributed by atoms with Gasteiger partial charge in [0.25, 0.3) is 0 Å². The number of hydrogen-bond acceptors (Lipinski definition) is 6. The quantitative estimate of drug-likeness (QED) is 0.409. The first-order valence-corrected chi connectivity index (χ1v) is 10.8. The van der Waals surface area contributed by atoms with Crippen molar-refractivity contribution in [3.8, 4) is 18.1 Å². The molecule has 0 aliphatic rings. The molecule has 0 aliphatic heterocycles. The highest BCUT2D eigenvalue weighted by atomic mass is 32.2. The summed E-state index contributed by atoms with van der Waals surface area (Å²) in [4.78, 5) is 16.5. The summed E-state index contributed by atoms with van der Waals surface area (Å²) in [6.07, 6.45) is 6.78. The SMILES string of the molecule is C#CCNS(=O)(=O)c1cccc(C(=O)OCc2ccc(OCc3ccccn3)cc2)c1. The van der Waals surface area contributed by atoms with Crippen LogP contribution in [-0.4, -0.2) is 25.9 Å². The number of nitrogens with one attached hydrogen (secondary N) is 1. The molecule has 1 N–H and O–H groups in total. The average molecular weight is 436 g/mol. The van der Waals surface area contributed by atoms with Crippen LogP contribution in [0.3, 0.4) is 0 Å². The lowest BCUT2D eigenvalue weighted by Crippen LogP contribution is -2.24. The van der Waals surface area contributed by atoms with Gasteiger partial charge in [0.2, 0.25) is 10.0 Å². The first-order valence-electron chi connectivity index (χ1n) is 9.30. The lowest BCUT2D eigenvalue weighted by Gasteiger charge is -2.09. The van der Waals surface area contributed by atoms with Crippen LogP contribution in [0.2, 0.25) is 0 Å². The summed E-state index contributed by atoms with van der Waals surface area (Å²) >= 11 is 0. The molecule has 0 unspecified atom stereocenters. The predicted molar refractivity (Wildman–Crippen MR) is 115 cm³/mol. The van der Waals surface area contributed by atoms with Crippen molar-refractivity contribution in [2.24, 2.45) is 0 Å². The molecule has 3 aromatic rings. The molecule has 31 heavy (non-hydrogen) atoms. The van der Waals surface area contributed by atoms with Crippen LogP contribution < -0.4 is 9.46 Å². The number of nitrogens with zero attached hydrogens (tertiary/aromatic N) is 1. The molecule has 8 heteroatoms. The maximum Gasteiger partial charge on any atom is 0.338 e. The van der Waals surface area contributed by atoms with Crippen LogP contribution in [0.25, 0.3) is 0 Å². The van der Waals surface area contributed by atoms with Gasteiger partial charge in [-0.1, -0.05) is 30.2 Å². The summed E-state index contributed by atoms with van der Waals surface area (Å²) in [7, 11) is -3.79. The molecule has 0 amide bonds. The van der Waals surface area contributed by atoms with Crippen molar-refractivity contribution in [2.75, 3.05) is 6.54 Å². The van der Waals surface area contributed by atoms with Gasteiger partial charge in [-0.05, 0) is 48.0 Å². The second-order valence-corrected chi connectivity index (χ2v) is 8.15. The average Bonchev–Trinajstić information content (AvgIpc) is 2.81. The minimum absolute atomic E-state index is 0.0334. The Labute approximate surface area is 181 Å². The third-order valence-electron chi connectivity index (χ3n) is 4.15. The summed E-state index contributed by atoms with van der Waals surface area (Å²) in [5, 5.41) is 0. The molecule has 1 aromatic heterocycles. The van der Waals surface area contributed by atoms with Gasteiger partial charge in [-0.15, -0.1) is 6.42 Å². The normalized spacial score (nSPS) is 10.8. The van der Waals surface area contributed by atoms with E-state index in [1.165, 1.54) is 24.3 Å². The maximum atomic E-state index is 12.3. The molecule has 0 bridgehead atoms. The van der Waals surface area contributed by atoms with E-state index in [-0.39, 0.29) is 23.6 Å². The molecule has 0 atom stereocenters. The standard InChI is InChI=1S/C23H20N2O5S/c1-2-13-25-31(27,28)22-8-5-6-19(15-22)23(26)30-16-18-9-11-21(12-10-18)29-17-20-7-3-4-14-24-20/h1,3-12,14-15,25H,13,16-17H2. The monoisotopic (exact) mass is 436 g/mol. The molecular weight excluding hydrogens is 416 g/mol. The number of aromatic nitrogens is 1. The Balaban J connectivity index is 1.56. The van der Waals surface area contributed by atoms with Gasteiger partial charge in [0.05, 0.1) is 22.7 Å². The number of pyridine rings is 1. The fourth-order valence-electron chi connectivity index (χ4n) is 2.57. The number of hydrogen-bond donors (Lipinski definition) is 1. The Morgan fingerprint density at radius 3 is 2.55 bits per heavy atom. The molecule has 7 nitrogen and oxygen atoms in total. The third kappa shape index (κ3) is 6.40. The summed E-state index contributed by atoms with van der Waals surface area (Å²) in [5.74, 6) is 2.23. The minimum atomic E-state index is -3.79. The Morgan fingerprint density at radius 1 is 1.03 bits per heavy atom. The number of esters is 1. The van der Waals surface area contributed by atoms with Gasteiger partial charge in [-0.25, -0.2) is 13.2 Å². The number of carbonyl (C=O) groups excluding carboxylic acids is 1. The van der Waals surface area contributed by atoms with E-state index in [1.807, 2.05) is 18.2 Å². The summed E-state index contributed by atoms with van der Waals surface area (Å²) < 4.78 is 37.5. The van der Waals surface area contributed by atoms with E-state index in [0.29, 0.717) is 12.4 Å². The van der Waals surface area contributed by atoms with Gasteiger partial charge < -0.3 is 9.47 Å². The van der Waals surface area contributed by atoms with E-state index in [9.17, 15) is 13.2 Å². The zero-order valence-electron chi connectivity index (χ0n) is 16.5. The molecular formula is C23H20N2O5S. The molecule has 0 aliphatic carbocycles. The predicted octanol–water partition coefficient (Wildman–Crippen LogP) is 2.93. The van der Waals surface area contributed by atoms with Gasteiger partial charge in [0, 0.05) is 6.20 Å². The zero-order chi connectivity index (χ0) is 22.1. The molecule has 0 radical (unpaired) electrons. The van der Waals surface area contributed by atoms with Gasteiger partial charge in [0.1, 0.15) is 19.0 Å². The van der Waals surface area contributed by atoms with Crippen molar-refractivity contribution >= 4 is 16.0 Å². The van der Waals surface area contributed by atoms with E-state index >= 15 is 0 Å². The molecule has 0 fully saturated rings. The summed E-state index contributed by atoms with van der Waals surface area (Å²) in [5.41, 5.74) is 1.70. The summed E-state index contributed by atoms with van der Waals surface area (Å²) in [6, 6.07) is 18.3. The molecule has 0 spiro atoms. The lowest BCUT2D eigenvalue weighted by molar-refractivity contribution is 0.0472. The molecule has 158 valence electrons. The lowest BCUT2D eigenvalue weighted by atomic mass is 10.2. The molecule has 0 saturated heterocycles. The number of terminal acetylenes is 1. The fraction of sp³-hybridized carbons (Fsp3) is 0.130. The maximum absolute atomic E-state index is 12.3. The van der Waals surface area contributed by atoms with E-state index in [4.69, 9.17) is 15.9 Å². The number of rotatable bonds is 9. The number of carbonyl (C=O) groups is 1. The van der Waals surface area contributed by atoms with Crippen molar-refractivity contribution in [2.45, 2.75) is 18.1 Å². The van der Waals surface area contributed by atoms with E-state index in [0.717, 1.165) is 11.3 Å². The van der Waals surface area contributed by atoms with Crippen LogP contribution in [0.15, 0.2) is 77.8 Å². The van der Waals surface area contributed by atoms with Crippen LogP contribution >= 0.6 is 0 Å². The highest BCUT2D eigenvalue weighted by molar-refractivity contribution is 7.89. The van der Waals surface area contributed by atoms with Crippen LogP contribution in [-0.2, 0) is 28.0 Å². The van der Waals surface area contributed by atoms with Gasteiger partial charge >= 0.3 is 5.97 Å². The van der Waals surface area contributed by atoms with Gasteiger partial charge in [0.15, 0.2) is 0 Å². The first kappa shape index (κ1) is 22.0. The van der Waals surface area contributed by atoms with E-state index < -0.39 is 16.0 Å². The second kappa shape index (κ2) is 10.4. The Bertz CT molecular complexity index is 1170. The Kier molecular flexibility index (Phi) is 7.38. The number of ether oxygens (including phenoxy) is 2. The van der Waals surface area contributed by atoms with E-state index in [2.05, 4.69) is 15.6 Å². The topological polar surface area (TPSA) is 94.6 Å². The van der Waals surface area contributed by atoms with Crippen LogP contribution in [0, 0.1) is 12.3 Å². The van der Waals surface area contributed by atoms with Crippen LogP contribution in [0.4, 0.5) is 0 Å². The first-order chi connectivity index (χ1) is 15.0. The van der Waals surface area contributed by atoms with Gasteiger partial charge in [-0.3, -0.25) is 4.98 Å². The Hall–Kier alpha value is -3.67. The zero-order valence-corrected chi connectivity index (χ0v) is 17.3. The molecule has 3 rings (SSSR count). The van der Waals surface area contributed by atoms with Gasteiger partial charge in [-0.2, -0.15) is 4.72 Å². The molecule has 2 aromatic carbocycles. The van der Waals surface area contributed by atoms with Crippen molar-refractivity contribution in [3.05, 3.63) is 89.7 Å². The van der Waals surface area contributed by atoms with Crippen molar-refractivity contribution < 1.29 is 22.7 Å². The Morgan fingerprint density at radius 2 is 1.84 bits per heavy atom. The summed E-state index contributed by atoms with van der Waals surface area (Å²) in [6.45, 7) is 0.245. The third-order valence-corrected chi connectivity index (χ3v) is 5.55. The van der Waals surface area contributed by atoms with E-state index in [1.54, 1.807) is 30.5 Å². The van der Waals surface area contributed by atoms with Crippen LogP contribution in [0.5, 0.6) is 5.75 Å². The van der Waals surface area contributed by atoms with Crippen molar-refractivity contribution in [3.63, 3.8) is 0 Å². The smallest absolute Gasteiger partial charge is 0.338 e. The van der Waals surface area contributed by atoms with Crippen molar-refractivity contribution in [1.82, 2.24) is 9.71 Å². The van der Waals surface area contributed by atoms with Crippen LogP contribution in [0.1, 0.15) is 21.6 Å². The molecule has 1 heterocycles. The minimum Gasteiger partial charge on any atom is -0.487 e. The second-order valence-electron chi connectivity index (χ2n) is 6.39. The highest BCUT2D eigenvalue weighted by Crippen LogP contribution is 2.16. The number of sulfonamides is 1. The fourth-order valence-corrected chi connectivity index (χ4v) is 3.54. The van der Waals surface area contributed by atoms with Crippen molar-refractivity contribution in [1.29, 1.82) is 0 Å².